The predicted octanol–water partition coefficient (Wildman–Crippen LogP) is 1.29. The molecular formula is C14H20ClN5. The van der Waals surface area contributed by atoms with Crippen LogP contribution in [0.1, 0.15) is 5.56 Å². The normalized spacial score (nSPS) is 16.4. The van der Waals surface area contributed by atoms with Crippen LogP contribution in [0.25, 0.3) is 0 Å². The van der Waals surface area contributed by atoms with Crippen LogP contribution in [0.15, 0.2) is 12.1 Å². The minimum absolute atomic E-state index is 0.383. The number of aromatic nitrogens is 1. The number of nitriles is 1. The molecule has 0 saturated carbocycles. The second kappa shape index (κ2) is 6.89. The molecule has 0 N–H and O–H groups in total. The molecule has 1 aliphatic rings. The quantitative estimate of drug-likeness (QED) is 0.783. The molecular weight excluding hydrogens is 274 g/mol. The van der Waals surface area contributed by atoms with Crippen molar-refractivity contribution in [2.75, 3.05) is 58.3 Å². The summed E-state index contributed by atoms with van der Waals surface area (Å²) in [5.74, 6) is 0.807. The smallest absolute Gasteiger partial charge is 0.132 e. The first-order valence-electron chi connectivity index (χ1n) is 6.78. The SMILES string of the molecule is CN(C)CCN1CCN(c2cc(C#N)cc(Cl)n2)CC1. The summed E-state index contributed by atoms with van der Waals surface area (Å²) in [7, 11) is 4.19. The number of anilines is 1. The van der Waals surface area contributed by atoms with Crippen molar-refractivity contribution >= 4 is 17.4 Å². The van der Waals surface area contributed by atoms with Gasteiger partial charge in [-0.15, -0.1) is 0 Å². The fraction of sp³-hybridized carbons (Fsp3) is 0.571. The highest BCUT2D eigenvalue weighted by Gasteiger charge is 2.18. The minimum Gasteiger partial charge on any atom is -0.354 e. The van der Waals surface area contributed by atoms with E-state index < -0.39 is 0 Å². The number of nitrogens with zero attached hydrogens (tertiary/aromatic N) is 5. The first kappa shape index (κ1) is 15.0. The van der Waals surface area contributed by atoms with Crippen molar-refractivity contribution in [3.05, 3.63) is 22.8 Å². The summed E-state index contributed by atoms with van der Waals surface area (Å²) in [6.07, 6.45) is 0. The molecule has 0 radical (unpaired) electrons. The number of pyridine rings is 1. The Kier molecular flexibility index (Phi) is 5.18. The Hall–Kier alpha value is -1.35. The van der Waals surface area contributed by atoms with Gasteiger partial charge in [0.2, 0.25) is 0 Å². The van der Waals surface area contributed by atoms with Gasteiger partial charge in [0.15, 0.2) is 0 Å². The Morgan fingerprint density at radius 1 is 1.30 bits per heavy atom. The van der Waals surface area contributed by atoms with Gasteiger partial charge >= 0.3 is 0 Å². The van der Waals surface area contributed by atoms with Crippen LogP contribution in [0, 0.1) is 11.3 Å². The van der Waals surface area contributed by atoms with Gasteiger partial charge in [-0.25, -0.2) is 4.98 Å². The van der Waals surface area contributed by atoms with Crippen molar-refractivity contribution in [1.29, 1.82) is 5.26 Å². The van der Waals surface area contributed by atoms with E-state index in [2.05, 4.69) is 39.8 Å². The molecule has 20 heavy (non-hydrogen) atoms. The van der Waals surface area contributed by atoms with E-state index in [1.165, 1.54) is 0 Å². The molecule has 1 aliphatic heterocycles. The number of rotatable bonds is 4. The van der Waals surface area contributed by atoms with Gasteiger partial charge in [0.05, 0.1) is 11.6 Å². The molecule has 5 nitrogen and oxygen atoms in total. The van der Waals surface area contributed by atoms with Crippen LogP contribution >= 0.6 is 11.6 Å². The lowest BCUT2D eigenvalue weighted by Crippen LogP contribution is -2.48. The van der Waals surface area contributed by atoms with Gasteiger partial charge in [-0.3, -0.25) is 4.90 Å². The zero-order valence-electron chi connectivity index (χ0n) is 12.0. The summed E-state index contributed by atoms with van der Waals surface area (Å²) in [5.41, 5.74) is 0.565. The molecule has 0 spiro atoms. The van der Waals surface area contributed by atoms with Gasteiger partial charge < -0.3 is 9.80 Å². The van der Waals surface area contributed by atoms with Crippen LogP contribution in [0.4, 0.5) is 5.82 Å². The van der Waals surface area contributed by atoms with Crippen molar-refractivity contribution in [3.63, 3.8) is 0 Å². The number of halogens is 1. The minimum atomic E-state index is 0.383. The maximum absolute atomic E-state index is 8.98. The molecule has 0 aliphatic carbocycles. The average Bonchev–Trinajstić information content (AvgIpc) is 2.45. The third-order valence-corrected chi connectivity index (χ3v) is 3.66. The van der Waals surface area contributed by atoms with Crippen molar-refractivity contribution < 1.29 is 0 Å². The maximum atomic E-state index is 8.98. The van der Waals surface area contributed by atoms with Gasteiger partial charge in [-0.05, 0) is 26.2 Å². The lowest BCUT2D eigenvalue weighted by atomic mass is 10.2. The molecule has 108 valence electrons. The van der Waals surface area contributed by atoms with Crippen LogP contribution in [0.5, 0.6) is 0 Å². The van der Waals surface area contributed by atoms with E-state index in [9.17, 15) is 0 Å². The van der Waals surface area contributed by atoms with Crippen LogP contribution in [-0.2, 0) is 0 Å². The van der Waals surface area contributed by atoms with Crippen LogP contribution in [0.3, 0.4) is 0 Å². The summed E-state index contributed by atoms with van der Waals surface area (Å²) in [5, 5.41) is 9.36. The van der Waals surface area contributed by atoms with E-state index in [-0.39, 0.29) is 0 Å². The van der Waals surface area contributed by atoms with E-state index in [4.69, 9.17) is 16.9 Å². The zero-order chi connectivity index (χ0) is 14.5. The molecule has 0 unspecified atom stereocenters. The number of piperazine rings is 1. The Balaban J connectivity index is 1.94. The maximum Gasteiger partial charge on any atom is 0.132 e. The molecule has 1 saturated heterocycles. The van der Waals surface area contributed by atoms with E-state index in [1.807, 2.05) is 0 Å². The second-order valence-electron chi connectivity index (χ2n) is 5.28. The Morgan fingerprint density at radius 2 is 2.00 bits per heavy atom. The Bertz CT molecular complexity index is 489. The first-order chi connectivity index (χ1) is 9.58. The monoisotopic (exact) mass is 293 g/mol. The highest BCUT2D eigenvalue weighted by atomic mass is 35.5. The van der Waals surface area contributed by atoms with Gasteiger partial charge in [0.25, 0.3) is 0 Å². The molecule has 0 atom stereocenters. The molecule has 0 aromatic carbocycles. The summed E-state index contributed by atoms with van der Waals surface area (Å²) in [6, 6.07) is 5.52. The highest BCUT2D eigenvalue weighted by molar-refractivity contribution is 6.29. The second-order valence-corrected chi connectivity index (χ2v) is 5.67. The third kappa shape index (κ3) is 4.07. The van der Waals surface area contributed by atoms with Gasteiger partial charge in [-0.1, -0.05) is 11.6 Å². The number of hydrogen-bond acceptors (Lipinski definition) is 5. The van der Waals surface area contributed by atoms with Gasteiger partial charge in [0.1, 0.15) is 11.0 Å². The van der Waals surface area contributed by atoms with Crippen molar-refractivity contribution in [2.45, 2.75) is 0 Å². The van der Waals surface area contributed by atoms with Crippen LogP contribution < -0.4 is 4.90 Å². The largest absolute Gasteiger partial charge is 0.354 e. The van der Waals surface area contributed by atoms with Crippen LogP contribution in [0.2, 0.25) is 5.15 Å². The van der Waals surface area contributed by atoms with E-state index in [1.54, 1.807) is 12.1 Å². The number of hydrogen-bond donors (Lipinski definition) is 0. The lowest BCUT2D eigenvalue weighted by Gasteiger charge is -2.35. The van der Waals surface area contributed by atoms with Crippen molar-refractivity contribution in [2.24, 2.45) is 0 Å². The fourth-order valence-electron chi connectivity index (χ4n) is 2.25. The number of likely N-dealkylation sites (N-methyl/N-ethyl adjacent to an activating group) is 1. The van der Waals surface area contributed by atoms with Gasteiger partial charge in [-0.2, -0.15) is 5.26 Å². The summed E-state index contributed by atoms with van der Waals surface area (Å²) < 4.78 is 0. The molecule has 1 fully saturated rings. The molecule has 1 aromatic rings. The topological polar surface area (TPSA) is 46.4 Å². The van der Waals surface area contributed by atoms with E-state index in [0.29, 0.717) is 10.7 Å². The predicted molar refractivity (Wildman–Crippen MR) is 81.2 cm³/mol. The van der Waals surface area contributed by atoms with Crippen LogP contribution in [-0.4, -0.2) is 68.1 Å². The van der Waals surface area contributed by atoms with E-state index >= 15 is 0 Å². The highest BCUT2D eigenvalue weighted by Crippen LogP contribution is 2.19. The summed E-state index contributed by atoms with van der Waals surface area (Å²) in [4.78, 5) is 11.2. The summed E-state index contributed by atoms with van der Waals surface area (Å²) in [6.45, 7) is 6.05. The van der Waals surface area contributed by atoms with Crippen molar-refractivity contribution in [1.82, 2.24) is 14.8 Å². The third-order valence-electron chi connectivity index (χ3n) is 3.47. The summed E-state index contributed by atoms with van der Waals surface area (Å²) >= 11 is 5.96. The lowest BCUT2D eigenvalue weighted by molar-refractivity contribution is 0.229. The molecule has 0 bridgehead atoms. The first-order valence-corrected chi connectivity index (χ1v) is 7.16. The Morgan fingerprint density at radius 3 is 2.60 bits per heavy atom. The zero-order valence-corrected chi connectivity index (χ0v) is 12.8. The standard InChI is InChI=1S/C14H20ClN5/c1-18(2)3-4-19-5-7-20(8-6-19)14-10-12(11-16)9-13(15)17-14/h9-10H,3-8H2,1-2H3. The molecule has 1 aromatic heterocycles. The molecule has 6 heteroatoms. The van der Waals surface area contributed by atoms with Gasteiger partial charge in [0, 0.05) is 39.3 Å². The molecule has 2 rings (SSSR count). The fourth-order valence-corrected chi connectivity index (χ4v) is 2.46. The molecule has 0 amide bonds. The average molecular weight is 294 g/mol. The Labute approximate surface area is 125 Å². The van der Waals surface area contributed by atoms with Crippen molar-refractivity contribution in [3.8, 4) is 6.07 Å². The molecule has 2 heterocycles. The van der Waals surface area contributed by atoms with E-state index in [0.717, 1.165) is 45.1 Å².